The third-order valence-corrected chi connectivity index (χ3v) is 3.44. The number of carboxylic acid groups (broad SMARTS) is 1. The second kappa shape index (κ2) is 3.62. The minimum atomic E-state index is -0.783. The molecule has 3 rings (SSSR count). The number of carboxylic acids is 1. The Morgan fingerprint density at radius 1 is 1.41 bits per heavy atom. The molecule has 17 heavy (non-hydrogen) atoms. The van der Waals surface area contributed by atoms with E-state index in [0.29, 0.717) is 6.54 Å². The number of hydrogen-bond donors (Lipinski definition) is 1. The van der Waals surface area contributed by atoms with Crippen LogP contribution in [0.25, 0.3) is 0 Å². The van der Waals surface area contributed by atoms with Gasteiger partial charge in [-0.1, -0.05) is 0 Å². The van der Waals surface area contributed by atoms with Gasteiger partial charge >= 0.3 is 12.1 Å². The van der Waals surface area contributed by atoms with Gasteiger partial charge in [-0.25, -0.2) is 4.79 Å². The Bertz CT molecular complexity index is 352. The van der Waals surface area contributed by atoms with Gasteiger partial charge in [-0.3, -0.25) is 4.79 Å². The first kappa shape index (κ1) is 12.2. The van der Waals surface area contributed by atoms with E-state index in [-0.39, 0.29) is 24.0 Å². The summed E-state index contributed by atoms with van der Waals surface area (Å²) in [5, 5.41) is 8.84. The molecular weight excluding hydrogens is 222 g/mol. The van der Waals surface area contributed by atoms with E-state index in [1.807, 2.05) is 20.8 Å². The Morgan fingerprint density at radius 2 is 2.00 bits per heavy atom. The van der Waals surface area contributed by atoms with Gasteiger partial charge in [0.15, 0.2) is 0 Å². The zero-order valence-corrected chi connectivity index (χ0v) is 10.5. The van der Waals surface area contributed by atoms with E-state index < -0.39 is 11.6 Å². The van der Waals surface area contributed by atoms with E-state index in [4.69, 9.17) is 9.84 Å². The molecule has 5 nitrogen and oxygen atoms in total. The Kier molecular flexibility index (Phi) is 2.60. The summed E-state index contributed by atoms with van der Waals surface area (Å²) in [7, 11) is 0. The van der Waals surface area contributed by atoms with Crippen LogP contribution in [-0.2, 0) is 9.53 Å². The van der Waals surface area contributed by atoms with E-state index in [9.17, 15) is 9.59 Å². The van der Waals surface area contributed by atoms with E-state index in [1.165, 1.54) is 0 Å². The lowest BCUT2D eigenvalue weighted by molar-refractivity contribution is -0.140. The topological polar surface area (TPSA) is 66.8 Å². The number of carbonyl (C=O) groups excluding carboxylic acids is 1. The van der Waals surface area contributed by atoms with Crippen LogP contribution in [0.5, 0.6) is 0 Å². The molecule has 5 heteroatoms. The largest absolute Gasteiger partial charge is 0.481 e. The second-order valence-electron chi connectivity index (χ2n) is 6.24. The lowest BCUT2D eigenvalue weighted by Gasteiger charge is -2.35. The molecule has 0 aromatic heterocycles. The summed E-state index contributed by atoms with van der Waals surface area (Å²) in [6, 6.07) is 0.184. The van der Waals surface area contributed by atoms with Gasteiger partial charge in [0, 0.05) is 18.0 Å². The average Bonchev–Trinajstić information content (AvgIpc) is 2.53. The quantitative estimate of drug-likeness (QED) is 0.801. The Labute approximate surface area is 101 Å². The van der Waals surface area contributed by atoms with Gasteiger partial charge in [0.05, 0.1) is 6.42 Å². The number of aliphatic carboxylic acids is 1. The third-order valence-electron chi connectivity index (χ3n) is 3.44. The first-order valence-corrected chi connectivity index (χ1v) is 5.92. The number of carbonyl (C=O) groups is 2. The van der Waals surface area contributed by atoms with Crippen molar-refractivity contribution in [2.24, 2.45) is 5.41 Å². The van der Waals surface area contributed by atoms with Crippen molar-refractivity contribution < 1.29 is 19.4 Å². The van der Waals surface area contributed by atoms with Crippen molar-refractivity contribution >= 4 is 12.1 Å². The fourth-order valence-electron chi connectivity index (χ4n) is 2.84. The maximum atomic E-state index is 11.9. The lowest BCUT2D eigenvalue weighted by Crippen LogP contribution is -2.39. The Balaban J connectivity index is 1.95. The predicted octanol–water partition coefficient (Wildman–Crippen LogP) is 1.86. The van der Waals surface area contributed by atoms with Crippen LogP contribution < -0.4 is 0 Å². The van der Waals surface area contributed by atoms with E-state index >= 15 is 0 Å². The molecule has 0 atom stereocenters. The maximum absolute atomic E-state index is 11.9. The molecule has 0 spiro atoms. The first-order chi connectivity index (χ1) is 7.71. The van der Waals surface area contributed by atoms with Gasteiger partial charge in [-0.05, 0) is 33.6 Å². The predicted molar refractivity (Wildman–Crippen MR) is 60.6 cm³/mol. The second-order valence-corrected chi connectivity index (χ2v) is 6.24. The number of ether oxygens (including phenoxy) is 1. The van der Waals surface area contributed by atoms with Gasteiger partial charge in [0.1, 0.15) is 5.60 Å². The van der Waals surface area contributed by atoms with Crippen molar-refractivity contribution in [2.75, 3.05) is 6.54 Å². The number of amides is 1. The molecule has 96 valence electrons. The van der Waals surface area contributed by atoms with Crippen LogP contribution in [0.2, 0.25) is 0 Å². The smallest absolute Gasteiger partial charge is 0.410 e. The van der Waals surface area contributed by atoms with Gasteiger partial charge in [0.25, 0.3) is 0 Å². The molecule has 2 heterocycles. The van der Waals surface area contributed by atoms with Crippen LogP contribution in [0.3, 0.4) is 0 Å². The monoisotopic (exact) mass is 241 g/mol. The average molecular weight is 241 g/mol. The number of hydrogen-bond acceptors (Lipinski definition) is 3. The number of rotatable bonds is 2. The molecule has 2 saturated heterocycles. The summed E-state index contributed by atoms with van der Waals surface area (Å²) < 4.78 is 5.31. The highest BCUT2D eigenvalue weighted by Crippen LogP contribution is 2.54. The zero-order valence-electron chi connectivity index (χ0n) is 10.5. The summed E-state index contributed by atoms with van der Waals surface area (Å²) in [6.07, 6.45) is 1.45. The van der Waals surface area contributed by atoms with Gasteiger partial charge in [-0.15, -0.1) is 0 Å². The van der Waals surface area contributed by atoms with Crippen molar-refractivity contribution in [1.29, 1.82) is 0 Å². The van der Waals surface area contributed by atoms with Crippen molar-refractivity contribution in [3.05, 3.63) is 0 Å². The highest BCUT2D eigenvalue weighted by Gasteiger charge is 2.58. The number of nitrogens with zero attached hydrogens (tertiary/aromatic N) is 1. The zero-order chi connectivity index (χ0) is 12.8. The SMILES string of the molecule is CC(C)(C)OC(=O)N1CC2(CC(=O)O)CC1C2. The molecule has 0 aromatic carbocycles. The molecular formula is C12H19NO4. The molecule has 1 amide bonds. The lowest BCUT2D eigenvalue weighted by atomic mass is 9.68. The fraction of sp³-hybridized carbons (Fsp3) is 0.833. The fourth-order valence-corrected chi connectivity index (χ4v) is 2.84. The van der Waals surface area contributed by atoms with Gasteiger partial charge < -0.3 is 14.7 Å². The molecule has 3 aliphatic rings. The summed E-state index contributed by atoms with van der Waals surface area (Å²) in [5.74, 6) is -0.783. The summed E-state index contributed by atoms with van der Waals surface area (Å²) in [4.78, 5) is 24.3. The standard InChI is InChI=1S/C12H19NO4/c1-11(2,3)17-10(16)13-7-12(6-9(14)15)4-8(13)5-12/h8H,4-7H2,1-3H3,(H,14,15). The Hall–Kier alpha value is -1.26. The molecule has 0 aromatic rings. The Morgan fingerprint density at radius 3 is 2.47 bits per heavy atom. The molecule has 2 bridgehead atoms. The van der Waals surface area contributed by atoms with E-state index in [1.54, 1.807) is 4.90 Å². The van der Waals surface area contributed by atoms with E-state index in [0.717, 1.165) is 12.8 Å². The van der Waals surface area contributed by atoms with Crippen LogP contribution in [0, 0.1) is 5.41 Å². The minimum Gasteiger partial charge on any atom is -0.481 e. The first-order valence-electron chi connectivity index (χ1n) is 5.92. The van der Waals surface area contributed by atoms with Crippen molar-refractivity contribution in [3.8, 4) is 0 Å². The molecule has 2 aliphatic heterocycles. The molecule has 0 radical (unpaired) electrons. The summed E-state index contributed by atoms with van der Waals surface area (Å²) in [6.45, 7) is 6.02. The van der Waals surface area contributed by atoms with Crippen molar-refractivity contribution in [2.45, 2.75) is 51.7 Å². The van der Waals surface area contributed by atoms with Crippen LogP contribution in [0.1, 0.15) is 40.0 Å². The maximum Gasteiger partial charge on any atom is 0.410 e. The third kappa shape index (κ3) is 2.37. The van der Waals surface area contributed by atoms with Crippen LogP contribution in [-0.4, -0.2) is 40.3 Å². The van der Waals surface area contributed by atoms with Crippen LogP contribution >= 0.6 is 0 Å². The molecule has 1 saturated carbocycles. The number of fused-ring (bicyclic) bond motifs is 1. The summed E-state index contributed by atoms with van der Waals surface area (Å²) in [5.41, 5.74) is -0.683. The molecule has 1 aliphatic carbocycles. The molecule has 3 fully saturated rings. The molecule has 0 unspecified atom stereocenters. The van der Waals surface area contributed by atoms with Gasteiger partial charge in [0.2, 0.25) is 0 Å². The van der Waals surface area contributed by atoms with Crippen molar-refractivity contribution in [1.82, 2.24) is 4.90 Å². The van der Waals surface area contributed by atoms with E-state index in [2.05, 4.69) is 0 Å². The highest BCUT2D eigenvalue weighted by atomic mass is 16.6. The highest BCUT2D eigenvalue weighted by molar-refractivity contribution is 5.72. The molecule has 1 N–H and O–H groups in total. The van der Waals surface area contributed by atoms with Crippen LogP contribution in [0.4, 0.5) is 4.79 Å². The normalized spacial score (nSPS) is 31.0. The van der Waals surface area contributed by atoms with Gasteiger partial charge in [-0.2, -0.15) is 0 Å². The van der Waals surface area contributed by atoms with Crippen molar-refractivity contribution in [3.63, 3.8) is 0 Å². The van der Waals surface area contributed by atoms with Crippen LogP contribution in [0.15, 0.2) is 0 Å². The minimum absolute atomic E-state index is 0.156. The summed E-state index contributed by atoms with van der Waals surface area (Å²) >= 11 is 0.